The molecule has 1 aliphatic heterocycles. The lowest BCUT2D eigenvalue weighted by Gasteiger charge is -2.26. The van der Waals surface area contributed by atoms with E-state index in [-0.39, 0.29) is 5.91 Å². The first-order valence-electron chi connectivity index (χ1n) is 6.57. The molecule has 1 fully saturated rings. The van der Waals surface area contributed by atoms with E-state index >= 15 is 0 Å². The van der Waals surface area contributed by atoms with Crippen LogP contribution in [0.1, 0.15) is 37.6 Å². The molecular weight excluding hydrogens is 228 g/mol. The molecule has 0 saturated carbocycles. The van der Waals surface area contributed by atoms with Crippen LogP contribution in [0, 0.1) is 13.8 Å². The standard InChI is InChI=1S/C13H22N4O/c1-5-13(7-6-8-14-13)12(18)15-11-9(2)16-17(4)10(11)3/h14H,5-8H2,1-4H3,(H,15,18). The van der Waals surface area contributed by atoms with E-state index in [1.54, 1.807) is 4.68 Å². The minimum Gasteiger partial charge on any atom is -0.321 e. The molecule has 1 saturated heterocycles. The maximum absolute atomic E-state index is 12.5. The van der Waals surface area contributed by atoms with Gasteiger partial charge in [0.15, 0.2) is 0 Å². The maximum atomic E-state index is 12.5. The van der Waals surface area contributed by atoms with Gasteiger partial charge >= 0.3 is 0 Å². The van der Waals surface area contributed by atoms with Crippen molar-refractivity contribution >= 4 is 11.6 Å². The zero-order valence-corrected chi connectivity index (χ0v) is 11.6. The number of nitrogens with zero attached hydrogens (tertiary/aromatic N) is 2. The summed E-state index contributed by atoms with van der Waals surface area (Å²) < 4.78 is 1.80. The number of aromatic nitrogens is 2. The summed E-state index contributed by atoms with van der Waals surface area (Å²) in [4.78, 5) is 12.5. The van der Waals surface area contributed by atoms with Gasteiger partial charge in [-0.25, -0.2) is 0 Å². The van der Waals surface area contributed by atoms with Crippen LogP contribution >= 0.6 is 0 Å². The molecule has 2 N–H and O–H groups in total. The quantitative estimate of drug-likeness (QED) is 0.855. The number of hydrogen-bond donors (Lipinski definition) is 2. The van der Waals surface area contributed by atoms with E-state index in [2.05, 4.69) is 22.7 Å². The predicted molar refractivity (Wildman–Crippen MR) is 71.6 cm³/mol. The summed E-state index contributed by atoms with van der Waals surface area (Å²) >= 11 is 0. The molecule has 18 heavy (non-hydrogen) atoms. The molecule has 1 unspecified atom stereocenters. The molecule has 2 heterocycles. The van der Waals surface area contributed by atoms with Crippen LogP contribution in [0.4, 0.5) is 5.69 Å². The molecule has 2 rings (SSSR count). The van der Waals surface area contributed by atoms with Crippen LogP contribution < -0.4 is 10.6 Å². The van der Waals surface area contributed by atoms with Gasteiger partial charge in [0.1, 0.15) is 0 Å². The lowest BCUT2D eigenvalue weighted by atomic mass is 9.93. The molecular formula is C13H22N4O. The highest BCUT2D eigenvalue weighted by molar-refractivity contribution is 5.99. The van der Waals surface area contributed by atoms with Crippen molar-refractivity contribution < 1.29 is 4.79 Å². The van der Waals surface area contributed by atoms with Crippen LogP contribution in [0.5, 0.6) is 0 Å². The van der Waals surface area contributed by atoms with Crippen molar-refractivity contribution in [2.24, 2.45) is 7.05 Å². The van der Waals surface area contributed by atoms with Crippen LogP contribution in [0.2, 0.25) is 0 Å². The maximum Gasteiger partial charge on any atom is 0.244 e. The van der Waals surface area contributed by atoms with Crippen molar-refractivity contribution in [1.82, 2.24) is 15.1 Å². The summed E-state index contributed by atoms with van der Waals surface area (Å²) in [5.74, 6) is 0.0710. The second kappa shape index (κ2) is 4.72. The Labute approximate surface area is 108 Å². The van der Waals surface area contributed by atoms with E-state index in [1.165, 1.54) is 0 Å². The van der Waals surface area contributed by atoms with Crippen molar-refractivity contribution in [3.05, 3.63) is 11.4 Å². The summed E-state index contributed by atoms with van der Waals surface area (Å²) in [5, 5.41) is 10.7. The molecule has 0 spiro atoms. The first-order valence-corrected chi connectivity index (χ1v) is 6.57. The Kier molecular flexibility index (Phi) is 3.43. The Morgan fingerprint density at radius 2 is 2.28 bits per heavy atom. The Morgan fingerprint density at radius 1 is 1.56 bits per heavy atom. The highest BCUT2D eigenvalue weighted by Crippen LogP contribution is 2.26. The number of amides is 1. The van der Waals surface area contributed by atoms with Gasteiger partial charge < -0.3 is 10.6 Å². The highest BCUT2D eigenvalue weighted by Gasteiger charge is 2.39. The topological polar surface area (TPSA) is 59.0 Å². The van der Waals surface area contributed by atoms with Crippen molar-refractivity contribution in [2.75, 3.05) is 11.9 Å². The van der Waals surface area contributed by atoms with Gasteiger partial charge in [-0.05, 0) is 39.7 Å². The van der Waals surface area contributed by atoms with Gasteiger partial charge in [0.25, 0.3) is 0 Å². The number of aryl methyl sites for hydroxylation is 2. The highest BCUT2D eigenvalue weighted by atomic mass is 16.2. The number of carbonyl (C=O) groups excluding carboxylic acids is 1. The Bertz CT molecular complexity index is 458. The number of carbonyl (C=O) groups is 1. The van der Waals surface area contributed by atoms with E-state index in [0.29, 0.717) is 0 Å². The smallest absolute Gasteiger partial charge is 0.244 e. The van der Waals surface area contributed by atoms with E-state index < -0.39 is 5.54 Å². The summed E-state index contributed by atoms with van der Waals surface area (Å²) in [6, 6.07) is 0. The van der Waals surface area contributed by atoms with Gasteiger partial charge in [0.05, 0.1) is 22.6 Å². The van der Waals surface area contributed by atoms with Crippen LogP contribution in [0.15, 0.2) is 0 Å². The average molecular weight is 250 g/mol. The van der Waals surface area contributed by atoms with Gasteiger partial charge in [-0.3, -0.25) is 9.48 Å². The zero-order chi connectivity index (χ0) is 13.3. The SMILES string of the molecule is CCC1(C(=O)Nc2c(C)nn(C)c2C)CCCN1. The van der Waals surface area contributed by atoms with E-state index in [9.17, 15) is 4.79 Å². The number of hydrogen-bond acceptors (Lipinski definition) is 3. The van der Waals surface area contributed by atoms with Crippen molar-refractivity contribution in [2.45, 2.75) is 45.6 Å². The van der Waals surface area contributed by atoms with Gasteiger partial charge in [-0.2, -0.15) is 5.10 Å². The molecule has 1 atom stereocenters. The fourth-order valence-electron chi connectivity index (χ4n) is 2.65. The Balaban J connectivity index is 2.21. The fraction of sp³-hybridized carbons (Fsp3) is 0.692. The first kappa shape index (κ1) is 13.1. The van der Waals surface area contributed by atoms with Gasteiger partial charge in [0, 0.05) is 7.05 Å². The number of rotatable bonds is 3. The number of anilines is 1. The van der Waals surface area contributed by atoms with Crippen molar-refractivity contribution in [3.8, 4) is 0 Å². The average Bonchev–Trinajstić information content (AvgIpc) is 2.91. The normalized spacial score (nSPS) is 23.3. The molecule has 1 amide bonds. The summed E-state index contributed by atoms with van der Waals surface area (Å²) in [5.41, 5.74) is 2.32. The zero-order valence-electron chi connectivity index (χ0n) is 11.6. The van der Waals surface area contributed by atoms with E-state index in [1.807, 2.05) is 20.9 Å². The predicted octanol–water partition coefficient (Wildman–Crippen LogP) is 1.51. The third-order valence-corrected chi connectivity index (χ3v) is 4.03. The minimum absolute atomic E-state index is 0.0710. The molecule has 0 bridgehead atoms. The summed E-state index contributed by atoms with van der Waals surface area (Å²) in [7, 11) is 1.89. The van der Waals surface area contributed by atoms with Crippen LogP contribution in [0.3, 0.4) is 0 Å². The van der Waals surface area contributed by atoms with Gasteiger partial charge in [-0.15, -0.1) is 0 Å². The van der Waals surface area contributed by atoms with Crippen molar-refractivity contribution in [3.63, 3.8) is 0 Å². The third-order valence-electron chi connectivity index (χ3n) is 4.03. The summed E-state index contributed by atoms with van der Waals surface area (Å²) in [6.45, 7) is 6.87. The second-order valence-corrected chi connectivity index (χ2v) is 5.09. The lowest BCUT2D eigenvalue weighted by Crippen LogP contribution is -2.50. The molecule has 0 aromatic carbocycles. The van der Waals surface area contributed by atoms with E-state index in [0.717, 1.165) is 42.9 Å². The van der Waals surface area contributed by atoms with Crippen LogP contribution in [-0.2, 0) is 11.8 Å². The molecule has 1 aromatic heterocycles. The van der Waals surface area contributed by atoms with Gasteiger partial charge in [0.2, 0.25) is 5.91 Å². The molecule has 0 radical (unpaired) electrons. The molecule has 1 aromatic rings. The molecule has 1 aliphatic rings. The summed E-state index contributed by atoms with van der Waals surface area (Å²) in [6.07, 6.45) is 2.79. The molecule has 100 valence electrons. The molecule has 5 nitrogen and oxygen atoms in total. The first-order chi connectivity index (χ1) is 8.50. The Morgan fingerprint density at radius 3 is 2.72 bits per heavy atom. The molecule has 0 aliphatic carbocycles. The van der Waals surface area contributed by atoms with Crippen LogP contribution in [-0.4, -0.2) is 27.8 Å². The fourth-order valence-corrected chi connectivity index (χ4v) is 2.65. The van der Waals surface area contributed by atoms with Crippen molar-refractivity contribution in [1.29, 1.82) is 0 Å². The lowest BCUT2D eigenvalue weighted by molar-refractivity contribution is -0.122. The van der Waals surface area contributed by atoms with Gasteiger partial charge in [-0.1, -0.05) is 6.92 Å². The Hall–Kier alpha value is -1.36. The monoisotopic (exact) mass is 250 g/mol. The number of nitrogens with one attached hydrogen (secondary N) is 2. The largest absolute Gasteiger partial charge is 0.321 e. The van der Waals surface area contributed by atoms with E-state index in [4.69, 9.17) is 0 Å². The molecule has 5 heteroatoms. The van der Waals surface area contributed by atoms with Crippen LogP contribution in [0.25, 0.3) is 0 Å². The minimum atomic E-state index is -0.394. The third kappa shape index (κ3) is 2.03. The second-order valence-electron chi connectivity index (χ2n) is 5.09.